The number of carbonyl (C=O) groups excluding carboxylic acids is 1. The number of allylic oxidation sites excluding steroid dienone is 3. The zero-order valence-electron chi connectivity index (χ0n) is 14.4. The summed E-state index contributed by atoms with van der Waals surface area (Å²) in [5.41, 5.74) is 4.91. The summed E-state index contributed by atoms with van der Waals surface area (Å²) in [6.07, 6.45) is 5.87. The minimum atomic E-state index is 0.136. The Morgan fingerprint density at radius 1 is 1.12 bits per heavy atom. The summed E-state index contributed by atoms with van der Waals surface area (Å²) in [5, 5.41) is 0. The van der Waals surface area contributed by atoms with Gasteiger partial charge < -0.3 is 0 Å². The topological polar surface area (TPSA) is 17.1 Å². The first-order valence-corrected chi connectivity index (χ1v) is 9.03. The Labute approximate surface area is 148 Å². The van der Waals surface area contributed by atoms with E-state index in [4.69, 9.17) is 0 Å². The van der Waals surface area contributed by atoms with Crippen molar-refractivity contribution in [3.8, 4) is 0 Å². The molecule has 2 aromatic carbocycles. The fraction of sp³-hybridized carbons (Fsp3) is 0.227. The van der Waals surface area contributed by atoms with Gasteiger partial charge in [-0.2, -0.15) is 0 Å². The van der Waals surface area contributed by atoms with Crippen LogP contribution in [0.4, 0.5) is 0 Å². The summed E-state index contributed by atoms with van der Waals surface area (Å²) in [5.74, 6) is 0. The average Bonchev–Trinajstić information content (AvgIpc) is 2.58. The summed E-state index contributed by atoms with van der Waals surface area (Å²) in [4.78, 5) is 13.3. The van der Waals surface area contributed by atoms with Crippen molar-refractivity contribution in [3.63, 3.8) is 0 Å². The maximum atomic E-state index is 10.8. The quantitative estimate of drug-likeness (QED) is 0.496. The number of carbonyl (C=O) groups is 1. The van der Waals surface area contributed by atoms with E-state index in [0.717, 1.165) is 23.8 Å². The van der Waals surface area contributed by atoms with Crippen molar-refractivity contribution in [2.45, 2.75) is 37.5 Å². The zero-order chi connectivity index (χ0) is 17.2. The van der Waals surface area contributed by atoms with Gasteiger partial charge in [-0.05, 0) is 65.3 Å². The molecular weight excluding hydrogens is 312 g/mol. The van der Waals surface area contributed by atoms with Crippen molar-refractivity contribution in [2.75, 3.05) is 0 Å². The lowest BCUT2D eigenvalue weighted by atomic mass is 9.75. The Hall–Kier alpha value is -2.06. The van der Waals surface area contributed by atoms with E-state index in [1.165, 1.54) is 20.9 Å². The van der Waals surface area contributed by atoms with Crippen LogP contribution in [0.2, 0.25) is 0 Å². The molecule has 0 unspecified atom stereocenters. The Morgan fingerprint density at radius 2 is 1.88 bits per heavy atom. The highest BCUT2D eigenvalue weighted by atomic mass is 32.2. The lowest BCUT2D eigenvalue weighted by Crippen LogP contribution is -2.21. The smallest absolute Gasteiger partial charge is 0.143 e. The molecule has 1 nitrogen and oxygen atoms in total. The van der Waals surface area contributed by atoms with Gasteiger partial charge in [-0.25, -0.2) is 0 Å². The number of hydrogen-bond acceptors (Lipinski definition) is 2. The molecule has 3 rings (SSSR count). The van der Waals surface area contributed by atoms with Crippen LogP contribution >= 0.6 is 11.8 Å². The molecule has 0 heterocycles. The molecule has 0 N–H and O–H groups in total. The van der Waals surface area contributed by atoms with Crippen LogP contribution in [0.5, 0.6) is 0 Å². The molecule has 122 valence electrons. The zero-order valence-corrected chi connectivity index (χ0v) is 15.2. The van der Waals surface area contributed by atoms with Crippen LogP contribution in [0.25, 0.3) is 10.5 Å². The first-order chi connectivity index (χ1) is 11.5. The van der Waals surface area contributed by atoms with Gasteiger partial charge in [0.25, 0.3) is 0 Å². The average molecular weight is 334 g/mol. The SMILES string of the molecule is C/C(=C\C=O)c1ccc2c(c1)C(Sc1ccccc1)=CCC2(C)C. The molecule has 0 saturated carbocycles. The predicted octanol–water partition coefficient (Wildman–Crippen LogP) is 6.10. The van der Waals surface area contributed by atoms with Crippen molar-refractivity contribution in [3.05, 3.63) is 77.4 Å². The van der Waals surface area contributed by atoms with E-state index in [-0.39, 0.29) is 5.41 Å². The molecule has 0 amide bonds. The maximum Gasteiger partial charge on any atom is 0.143 e. The Morgan fingerprint density at radius 3 is 2.58 bits per heavy atom. The Kier molecular flexibility index (Phi) is 4.77. The third kappa shape index (κ3) is 3.39. The molecule has 0 saturated heterocycles. The highest BCUT2D eigenvalue weighted by Gasteiger charge is 2.28. The molecule has 2 aromatic rings. The monoisotopic (exact) mass is 334 g/mol. The molecule has 2 heteroatoms. The summed E-state index contributed by atoms with van der Waals surface area (Å²) in [6, 6.07) is 17.1. The number of rotatable bonds is 4. The molecule has 0 fully saturated rings. The maximum absolute atomic E-state index is 10.8. The van der Waals surface area contributed by atoms with E-state index in [1.807, 2.05) is 24.8 Å². The molecule has 24 heavy (non-hydrogen) atoms. The Bertz CT molecular complexity index is 813. The molecule has 1 aliphatic rings. The molecule has 0 radical (unpaired) electrons. The first-order valence-electron chi connectivity index (χ1n) is 8.22. The Balaban J connectivity index is 2.05. The molecule has 0 aromatic heterocycles. The molecule has 1 aliphatic carbocycles. The molecule has 0 spiro atoms. The summed E-state index contributed by atoms with van der Waals surface area (Å²) >= 11 is 1.81. The molecule has 0 aliphatic heterocycles. The van der Waals surface area contributed by atoms with Gasteiger partial charge in [-0.3, -0.25) is 4.79 Å². The minimum absolute atomic E-state index is 0.136. The van der Waals surface area contributed by atoms with Gasteiger partial charge in [0.15, 0.2) is 0 Å². The third-order valence-electron chi connectivity index (χ3n) is 4.56. The second kappa shape index (κ2) is 6.82. The predicted molar refractivity (Wildman–Crippen MR) is 104 cm³/mol. The third-order valence-corrected chi connectivity index (χ3v) is 5.67. The van der Waals surface area contributed by atoms with Crippen LogP contribution in [-0.2, 0) is 10.2 Å². The highest BCUT2D eigenvalue weighted by molar-refractivity contribution is 8.08. The number of fused-ring (bicyclic) bond motifs is 1. The molecular formula is C22H22OS. The number of aldehydes is 1. The van der Waals surface area contributed by atoms with E-state index in [9.17, 15) is 4.79 Å². The van der Waals surface area contributed by atoms with Gasteiger partial charge in [0.1, 0.15) is 6.29 Å². The van der Waals surface area contributed by atoms with Crippen molar-refractivity contribution >= 4 is 28.5 Å². The standard InChI is InChI=1S/C22H22OS/c1-16(12-14-23)17-9-10-20-19(15-17)21(11-13-22(20,2)3)24-18-7-5-4-6-8-18/h4-12,14-15H,13H2,1-3H3/b16-12+. The van der Waals surface area contributed by atoms with E-state index >= 15 is 0 Å². The lowest BCUT2D eigenvalue weighted by molar-refractivity contribution is -0.104. The van der Waals surface area contributed by atoms with Crippen molar-refractivity contribution in [1.29, 1.82) is 0 Å². The lowest BCUT2D eigenvalue weighted by Gasteiger charge is -2.32. The number of thioether (sulfide) groups is 1. The second-order valence-electron chi connectivity index (χ2n) is 6.82. The molecule has 0 bridgehead atoms. The van der Waals surface area contributed by atoms with Gasteiger partial charge in [-0.15, -0.1) is 0 Å². The first kappa shape index (κ1) is 16.8. The van der Waals surface area contributed by atoms with E-state index in [1.54, 1.807) is 6.08 Å². The van der Waals surface area contributed by atoms with Gasteiger partial charge >= 0.3 is 0 Å². The van der Waals surface area contributed by atoms with Crippen molar-refractivity contribution in [2.24, 2.45) is 0 Å². The summed E-state index contributed by atoms with van der Waals surface area (Å²) < 4.78 is 0. The van der Waals surface area contributed by atoms with Gasteiger partial charge in [0.05, 0.1) is 0 Å². The normalized spacial score (nSPS) is 16.3. The van der Waals surface area contributed by atoms with Crippen molar-refractivity contribution < 1.29 is 4.79 Å². The minimum Gasteiger partial charge on any atom is -0.299 e. The largest absolute Gasteiger partial charge is 0.299 e. The van der Waals surface area contributed by atoms with Crippen LogP contribution in [0.3, 0.4) is 0 Å². The van der Waals surface area contributed by atoms with Gasteiger partial charge in [0.2, 0.25) is 0 Å². The fourth-order valence-electron chi connectivity index (χ4n) is 3.06. The molecule has 0 atom stereocenters. The van der Waals surface area contributed by atoms with Crippen LogP contribution < -0.4 is 0 Å². The van der Waals surface area contributed by atoms with E-state index < -0.39 is 0 Å². The fourth-order valence-corrected chi connectivity index (χ4v) is 4.05. The van der Waals surface area contributed by atoms with E-state index in [0.29, 0.717) is 0 Å². The van der Waals surface area contributed by atoms with Crippen molar-refractivity contribution in [1.82, 2.24) is 0 Å². The van der Waals surface area contributed by atoms with Crippen LogP contribution in [0, 0.1) is 0 Å². The number of hydrogen-bond donors (Lipinski definition) is 0. The van der Waals surface area contributed by atoms with E-state index in [2.05, 4.69) is 62.4 Å². The van der Waals surface area contributed by atoms with Gasteiger partial charge in [0, 0.05) is 9.80 Å². The van der Waals surface area contributed by atoms with Crippen LogP contribution in [0.1, 0.15) is 43.9 Å². The summed E-state index contributed by atoms with van der Waals surface area (Å²) in [7, 11) is 0. The summed E-state index contributed by atoms with van der Waals surface area (Å²) in [6.45, 7) is 6.57. The van der Waals surface area contributed by atoms with Gasteiger partial charge in [-0.1, -0.05) is 62.0 Å². The van der Waals surface area contributed by atoms with Crippen LogP contribution in [-0.4, -0.2) is 6.29 Å². The second-order valence-corrected chi connectivity index (χ2v) is 7.93. The highest BCUT2D eigenvalue weighted by Crippen LogP contribution is 2.45. The number of benzene rings is 2. The van der Waals surface area contributed by atoms with Crippen LogP contribution in [0.15, 0.2) is 65.6 Å².